The van der Waals surface area contributed by atoms with E-state index >= 15 is 0 Å². The number of halogens is 1. The molecule has 3 N–H and O–H groups in total. The molecule has 0 spiro atoms. The first-order valence-corrected chi connectivity index (χ1v) is 7.54. The summed E-state index contributed by atoms with van der Waals surface area (Å²) in [6, 6.07) is 3.37. The van der Waals surface area contributed by atoms with E-state index in [9.17, 15) is 9.90 Å². The van der Waals surface area contributed by atoms with Gasteiger partial charge in [0.05, 0.1) is 10.4 Å². The van der Waals surface area contributed by atoms with Crippen LogP contribution in [0.1, 0.15) is 11.0 Å². The predicted octanol–water partition coefficient (Wildman–Crippen LogP) is 1.21. The molecule has 0 saturated carbocycles. The highest BCUT2D eigenvalue weighted by atomic mass is 35.5. The molecule has 0 aromatic carbocycles. The largest absolute Gasteiger partial charge is 0.386 e. The third kappa shape index (κ3) is 3.59. The van der Waals surface area contributed by atoms with Crippen LogP contribution in [0.25, 0.3) is 0 Å². The standard InChI is InChI=1S/C10H13ClN2O2S2/c11-9-2-1-8(17-9)7(14)3-12-10(15)6-4-16-5-13-6/h1-2,6-7,13-14H,3-5H2,(H,12,15)/t6-,7?/m1/s1. The lowest BCUT2D eigenvalue weighted by Crippen LogP contribution is -2.43. The molecule has 2 heterocycles. The minimum absolute atomic E-state index is 0.0586. The Kier molecular flexibility index (Phi) is 4.69. The predicted molar refractivity (Wildman–Crippen MR) is 71.5 cm³/mol. The first-order chi connectivity index (χ1) is 8.16. The Morgan fingerprint density at radius 1 is 1.71 bits per heavy atom. The molecule has 1 amide bonds. The Hall–Kier alpha value is -0.270. The fraction of sp³-hybridized carbons (Fsp3) is 0.500. The summed E-state index contributed by atoms with van der Waals surface area (Å²) < 4.78 is 0.638. The molecule has 0 radical (unpaired) electrons. The molecule has 1 aromatic heterocycles. The highest BCUT2D eigenvalue weighted by Crippen LogP contribution is 2.26. The number of hydrogen-bond acceptors (Lipinski definition) is 5. The average molecular weight is 293 g/mol. The summed E-state index contributed by atoms with van der Waals surface area (Å²) >= 11 is 8.80. The second-order valence-corrected chi connectivity index (χ2v) is 6.45. The maximum Gasteiger partial charge on any atom is 0.238 e. The Morgan fingerprint density at radius 3 is 3.12 bits per heavy atom. The summed E-state index contributed by atoms with van der Waals surface area (Å²) in [5.41, 5.74) is 0. The van der Waals surface area contributed by atoms with E-state index in [0.717, 1.165) is 16.5 Å². The minimum atomic E-state index is -0.689. The van der Waals surface area contributed by atoms with E-state index in [1.165, 1.54) is 11.3 Å². The maximum atomic E-state index is 11.7. The van der Waals surface area contributed by atoms with Crippen LogP contribution >= 0.6 is 34.7 Å². The smallest absolute Gasteiger partial charge is 0.238 e. The molecular weight excluding hydrogens is 280 g/mol. The van der Waals surface area contributed by atoms with Gasteiger partial charge in [0.2, 0.25) is 5.91 Å². The number of carbonyl (C=O) groups is 1. The quantitative estimate of drug-likeness (QED) is 0.781. The molecule has 1 aromatic rings. The van der Waals surface area contributed by atoms with Crippen LogP contribution in [0.2, 0.25) is 4.34 Å². The molecular formula is C10H13ClN2O2S2. The summed E-state index contributed by atoms with van der Waals surface area (Å²) in [6.45, 7) is 0.221. The van der Waals surface area contributed by atoms with Gasteiger partial charge in [0.25, 0.3) is 0 Å². The minimum Gasteiger partial charge on any atom is -0.386 e. The zero-order valence-corrected chi connectivity index (χ0v) is 11.4. The normalized spacial score (nSPS) is 21.4. The van der Waals surface area contributed by atoms with Gasteiger partial charge in [-0.3, -0.25) is 10.1 Å². The van der Waals surface area contributed by atoms with Crippen molar-refractivity contribution in [3.63, 3.8) is 0 Å². The molecule has 0 aliphatic carbocycles. The second kappa shape index (κ2) is 6.06. The molecule has 1 aliphatic heterocycles. The van der Waals surface area contributed by atoms with Crippen LogP contribution in [-0.2, 0) is 4.79 Å². The molecule has 94 valence electrons. The molecule has 7 heteroatoms. The molecule has 4 nitrogen and oxygen atoms in total. The number of amides is 1. The fourth-order valence-electron chi connectivity index (χ4n) is 1.49. The lowest BCUT2D eigenvalue weighted by molar-refractivity contribution is -0.122. The summed E-state index contributed by atoms with van der Waals surface area (Å²) in [5.74, 6) is 1.53. The van der Waals surface area contributed by atoms with Gasteiger partial charge in [-0.05, 0) is 12.1 Å². The lowest BCUT2D eigenvalue weighted by atomic mass is 10.2. The number of carbonyl (C=O) groups excluding carboxylic acids is 1. The van der Waals surface area contributed by atoms with E-state index in [0.29, 0.717) is 4.34 Å². The van der Waals surface area contributed by atoms with Crippen molar-refractivity contribution in [3.05, 3.63) is 21.3 Å². The van der Waals surface area contributed by atoms with Crippen LogP contribution < -0.4 is 10.6 Å². The topological polar surface area (TPSA) is 61.4 Å². The van der Waals surface area contributed by atoms with Gasteiger partial charge in [-0.15, -0.1) is 23.1 Å². The van der Waals surface area contributed by atoms with Crippen LogP contribution in [0.3, 0.4) is 0 Å². The van der Waals surface area contributed by atoms with E-state index in [-0.39, 0.29) is 18.5 Å². The molecule has 1 aliphatic rings. The fourth-order valence-corrected chi connectivity index (χ4v) is 3.48. The average Bonchev–Trinajstić information content (AvgIpc) is 2.95. The van der Waals surface area contributed by atoms with E-state index in [4.69, 9.17) is 11.6 Å². The van der Waals surface area contributed by atoms with Gasteiger partial charge in [0.1, 0.15) is 6.10 Å². The van der Waals surface area contributed by atoms with Gasteiger partial charge in [0.15, 0.2) is 0 Å². The van der Waals surface area contributed by atoms with Crippen LogP contribution in [0.15, 0.2) is 12.1 Å². The van der Waals surface area contributed by atoms with Gasteiger partial charge >= 0.3 is 0 Å². The van der Waals surface area contributed by atoms with E-state index in [1.54, 1.807) is 23.9 Å². The third-order valence-electron chi connectivity index (χ3n) is 2.42. The van der Waals surface area contributed by atoms with Crippen LogP contribution in [-0.4, -0.2) is 35.2 Å². The molecule has 0 bridgehead atoms. The van der Waals surface area contributed by atoms with Gasteiger partial charge in [0, 0.05) is 23.1 Å². The van der Waals surface area contributed by atoms with Crippen LogP contribution in [0.4, 0.5) is 0 Å². The monoisotopic (exact) mass is 292 g/mol. The molecule has 2 rings (SSSR count). The molecule has 17 heavy (non-hydrogen) atoms. The highest BCUT2D eigenvalue weighted by molar-refractivity contribution is 7.99. The zero-order valence-electron chi connectivity index (χ0n) is 8.98. The van der Waals surface area contributed by atoms with Gasteiger partial charge in [-0.2, -0.15) is 0 Å². The van der Waals surface area contributed by atoms with Crippen LogP contribution in [0, 0.1) is 0 Å². The summed E-state index contributed by atoms with van der Waals surface area (Å²) in [6.07, 6.45) is -0.689. The number of hydrogen-bond donors (Lipinski definition) is 3. The van der Waals surface area contributed by atoms with E-state index < -0.39 is 6.10 Å². The van der Waals surface area contributed by atoms with Crippen molar-refractivity contribution in [3.8, 4) is 0 Å². The Labute approximate surface area is 113 Å². The number of thiophene rings is 1. The Balaban J connectivity index is 1.79. The van der Waals surface area contributed by atoms with Gasteiger partial charge in [-0.1, -0.05) is 11.6 Å². The van der Waals surface area contributed by atoms with E-state index in [2.05, 4.69) is 10.6 Å². The summed E-state index contributed by atoms with van der Waals surface area (Å²) in [5, 5.41) is 15.6. The SMILES string of the molecule is O=C(NCC(O)c1ccc(Cl)s1)[C@H]1CSCN1. The summed E-state index contributed by atoms with van der Waals surface area (Å²) in [4.78, 5) is 12.4. The number of nitrogens with one attached hydrogen (secondary N) is 2. The number of aliphatic hydroxyl groups excluding tert-OH is 1. The first-order valence-electron chi connectivity index (χ1n) is 5.19. The van der Waals surface area contributed by atoms with Gasteiger partial charge in [-0.25, -0.2) is 0 Å². The zero-order chi connectivity index (χ0) is 12.3. The Bertz CT molecular complexity index is 393. The van der Waals surface area contributed by atoms with E-state index in [1.807, 2.05) is 0 Å². The van der Waals surface area contributed by atoms with Crippen LogP contribution in [0.5, 0.6) is 0 Å². The van der Waals surface area contributed by atoms with Gasteiger partial charge < -0.3 is 10.4 Å². The molecule has 1 unspecified atom stereocenters. The summed E-state index contributed by atoms with van der Waals surface area (Å²) in [7, 11) is 0. The second-order valence-electron chi connectivity index (χ2n) is 3.67. The Morgan fingerprint density at radius 2 is 2.53 bits per heavy atom. The number of aliphatic hydroxyl groups is 1. The number of rotatable bonds is 4. The van der Waals surface area contributed by atoms with Crippen molar-refractivity contribution in [2.45, 2.75) is 12.1 Å². The highest BCUT2D eigenvalue weighted by Gasteiger charge is 2.23. The van der Waals surface area contributed by atoms with Crippen molar-refractivity contribution in [1.29, 1.82) is 0 Å². The molecule has 1 fully saturated rings. The van der Waals surface area contributed by atoms with Crippen molar-refractivity contribution in [2.75, 3.05) is 18.2 Å². The van der Waals surface area contributed by atoms with Crippen molar-refractivity contribution < 1.29 is 9.90 Å². The number of thioether (sulfide) groups is 1. The maximum absolute atomic E-state index is 11.7. The molecule has 1 saturated heterocycles. The lowest BCUT2D eigenvalue weighted by Gasteiger charge is -2.13. The third-order valence-corrected chi connectivity index (χ3v) is 4.70. The molecule has 2 atom stereocenters. The first kappa shape index (κ1) is 13.2. The van der Waals surface area contributed by atoms with Crippen molar-refractivity contribution in [2.24, 2.45) is 0 Å². The van der Waals surface area contributed by atoms with Crippen molar-refractivity contribution >= 4 is 40.6 Å². The van der Waals surface area contributed by atoms with Crippen molar-refractivity contribution in [1.82, 2.24) is 10.6 Å².